The fourth-order valence-corrected chi connectivity index (χ4v) is 3.32. The third-order valence-corrected chi connectivity index (χ3v) is 5.30. The van der Waals surface area contributed by atoms with Gasteiger partial charge in [0, 0.05) is 24.5 Å². The van der Waals surface area contributed by atoms with Gasteiger partial charge in [-0.15, -0.1) is 0 Å². The summed E-state index contributed by atoms with van der Waals surface area (Å²) in [5, 5.41) is 4.55. The molecule has 2 aromatic carbocycles. The fourth-order valence-electron chi connectivity index (χ4n) is 2.65. The Labute approximate surface area is 180 Å². The number of ether oxygens (including phenoxy) is 2. The Balaban J connectivity index is 1.74. The highest BCUT2D eigenvalue weighted by atomic mass is 32.5. The molecule has 2 amide bonds. The molecular formula is C20H18F5N3O3S. The zero-order valence-corrected chi connectivity index (χ0v) is 17.3. The number of nitrogens with zero attached hydrogens (tertiary/aromatic N) is 1. The summed E-state index contributed by atoms with van der Waals surface area (Å²) in [5.41, 5.74) is 0.00394. The quantitative estimate of drug-likeness (QED) is 0.366. The SMILES string of the molecule is COc1ccc(S(F)(F)(F)(F)F)cc1NC(=O)NCc1ccccc1Oc1ccncc1. The van der Waals surface area contributed by atoms with Gasteiger partial charge in [0.05, 0.1) is 12.8 Å². The highest BCUT2D eigenvalue weighted by Crippen LogP contribution is 3.02. The highest BCUT2D eigenvalue weighted by Gasteiger charge is 2.65. The minimum atomic E-state index is -9.93. The van der Waals surface area contributed by atoms with E-state index >= 15 is 0 Å². The van der Waals surface area contributed by atoms with Crippen molar-refractivity contribution in [2.45, 2.75) is 11.4 Å². The number of benzene rings is 2. The van der Waals surface area contributed by atoms with Gasteiger partial charge in [-0.2, -0.15) is 0 Å². The normalized spacial score (nSPS) is 13.4. The number of carbonyl (C=O) groups excluding carboxylic acids is 1. The molecule has 2 N–H and O–H groups in total. The summed E-state index contributed by atoms with van der Waals surface area (Å²) in [6.07, 6.45) is 3.08. The Hall–Kier alpha value is -3.54. The molecule has 12 heteroatoms. The van der Waals surface area contributed by atoms with E-state index in [0.717, 1.165) is 7.11 Å². The van der Waals surface area contributed by atoms with Crippen LogP contribution in [0.1, 0.15) is 5.56 Å². The third-order valence-electron chi connectivity index (χ3n) is 4.15. The standard InChI is InChI=1S/C20H18F5N3O3S/c1-30-19-7-6-16(32(21,22,23,24)25)12-17(19)28-20(29)27-13-14-4-2-3-5-18(14)31-15-8-10-26-11-9-15/h2-12H,13H2,1H3,(H2,27,28,29). The lowest BCUT2D eigenvalue weighted by Crippen LogP contribution is -2.28. The van der Waals surface area contributed by atoms with Gasteiger partial charge in [-0.25, -0.2) is 4.79 Å². The predicted molar refractivity (Wildman–Crippen MR) is 111 cm³/mol. The molecule has 0 aliphatic rings. The Morgan fingerprint density at radius 1 is 0.969 bits per heavy atom. The van der Waals surface area contributed by atoms with E-state index in [-0.39, 0.29) is 24.4 Å². The van der Waals surface area contributed by atoms with Crippen LogP contribution in [0, 0.1) is 0 Å². The number of hydrogen-bond donors (Lipinski definition) is 2. The molecule has 6 nitrogen and oxygen atoms in total. The lowest BCUT2D eigenvalue weighted by Gasteiger charge is -2.40. The second-order valence-electron chi connectivity index (χ2n) is 6.53. The van der Waals surface area contributed by atoms with Crippen LogP contribution in [-0.2, 0) is 6.54 Å². The summed E-state index contributed by atoms with van der Waals surface area (Å²) in [7, 11) is -8.80. The van der Waals surface area contributed by atoms with Gasteiger partial charge >= 0.3 is 16.3 Å². The zero-order chi connectivity index (χ0) is 23.5. The molecule has 0 bridgehead atoms. The van der Waals surface area contributed by atoms with E-state index in [1.807, 2.05) is 0 Å². The summed E-state index contributed by atoms with van der Waals surface area (Å²) in [4.78, 5) is 14.0. The van der Waals surface area contributed by atoms with Crippen molar-refractivity contribution in [2.24, 2.45) is 0 Å². The largest absolute Gasteiger partial charge is 0.495 e. The third kappa shape index (κ3) is 6.00. The topological polar surface area (TPSA) is 72.5 Å². The molecule has 1 aromatic heterocycles. The molecule has 0 aliphatic heterocycles. The summed E-state index contributed by atoms with van der Waals surface area (Å²) in [6.45, 7) is -0.0589. The number of hydrogen-bond acceptors (Lipinski definition) is 4. The maximum Gasteiger partial charge on any atom is 0.319 e. The molecule has 0 atom stereocenters. The van der Waals surface area contributed by atoms with Gasteiger partial charge in [0.15, 0.2) is 0 Å². The summed E-state index contributed by atoms with van der Waals surface area (Å²) in [6, 6.07) is 10.1. The van der Waals surface area contributed by atoms with E-state index in [1.54, 1.807) is 36.4 Å². The molecule has 0 saturated carbocycles. The average molecular weight is 475 g/mol. The molecule has 0 aliphatic carbocycles. The second kappa shape index (κ2) is 7.86. The lowest BCUT2D eigenvalue weighted by atomic mass is 10.2. The number of halogens is 5. The number of nitrogens with one attached hydrogen (secondary N) is 2. The molecule has 0 spiro atoms. The number of aromatic nitrogens is 1. The number of methoxy groups -OCH3 is 1. The Kier molecular flexibility index (Phi) is 5.68. The number of pyridine rings is 1. The van der Waals surface area contributed by atoms with Crippen LogP contribution in [-0.4, -0.2) is 18.1 Å². The average Bonchev–Trinajstić information content (AvgIpc) is 2.72. The summed E-state index contributed by atoms with van der Waals surface area (Å²) in [5.74, 6) is 0.723. The zero-order valence-electron chi connectivity index (χ0n) is 16.5. The van der Waals surface area contributed by atoms with E-state index in [2.05, 4.69) is 15.6 Å². The molecule has 1 heterocycles. The van der Waals surface area contributed by atoms with Crippen molar-refractivity contribution in [1.82, 2.24) is 10.3 Å². The highest BCUT2D eigenvalue weighted by molar-refractivity contribution is 8.45. The van der Waals surface area contributed by atoms with E-state index in [9.17, 15) is 24.2 Å². The number of urea groups is 1. The molecule has 172 valence electrons. The summed E-state index contributed by atoms with van der Waals surface area (Å²) < 4.78 is 76.1. The smallest absolute Gasteiger partial charge is 0.319 e. The van der Waals surface area contributed by atoms with Gasteiger partial charge in [-0.3, -0.25) is 4.98 Å². The Morgan fingerprint density at radius 3 is 2.31 bits per heavy atom. The molecular weight excluding hydrogens is 457 g/mol. The molecule has 0 radical (unpaired) electrons. The minimum Gasteiger partial charge on any atom is -0.495 e. The monoisotopic (exact) mass is 475 g/mol. The first-order valence-corrected chi connectivity index (χ1v) is 10.9. The summed E-state index contributed by atoms with van der Waals surface area (Å²) >= 11 is 0. The molecule has 0 fully saturated rings. The van der Waals surface area contributed by atoms with Crippen LogP contribution in [0.2, 0.25) is 0 Å². The van der Waals surface area contributed by atoms with Crippen molar-refractivity contribution in [2.75, 3.05) is 12.4 Å². The maximum absolute atomic E-state index is 13.1. The van der Waals surface area contributed by atoms with Crippen LogP contribution in [0.5, 0.6) is 17.2 Å². The van der Waals surface area contributed by atoms with Crippen molar-refractivity contribution < 1.29 is 33.7 Å². The van der Waals surface area contributed by atoms with Gasteiger partial charge in [0.25, 0.3) is 0 Å². The lowest BCUT2D eigenvalue weighted by molar-refractivity contribution is 0.251. The number of rotatable bonds is 7. The number of para-hydroxylation sites is 1. The second-order valence-corrected chi connectivity index (χ2v) is 8.94. The van der Waals surface area contributed by atoms with E-state index < -0.39 is 26.8 Å². The van der Waals surface area contributed by atoms with Gasteiger partial charge in [-0.1, -0.05) is 37.6 Å². The van der Waals surface area contributed by atoms with Gasteiger partial charge in [0.1, 0.15) is 22.1 Å². The Bertz CT molecular complexity index is 1130. The van der Waals surface area contributed by atoms with Gasteiger partial charge < -0.3 is 20.1 Å². The van der Waals surface area contributed by atoms with Gasteiger partial charge in [0.2, 0.25) is 0 Å². The van der Waals surface area contributed by atoms with Crippen molar-refractivity contribution in [1.29, 1.82) is 0 Å². The first-order chi connectivity index (χ1) is 14.9. The predicted octanol–water partition coefficient (Wildman–Crippen LogP) is 6.86. The van der Waals surface area contributed by atoms with Crippen LogP contribution < -0.4 is 20.1 Å². The van der Waals surface area contributed by atoms with Crippen LogP contribution in [0.15, 0.2) is 71.9 Å². The Morgan fingerprint density at radius 2 is 1.66 bits per heavy atom. The van der Waals surface area contributed by atoms with E-state index in [1.165, 1.54) is 12.4 Å². The van der Waals surface area contributed by atoms with E-state index in [0.29, 0.717) is 23.1 Å². The minimum absolute atomic E-state index is 0.0589. The fraction of sp³-hybridized carbons (Fsp3) is 0.100. The van der Waals surface area contributed by atoms with Crippen LogP contribution in [0.3, 0.4) is 0 Å². The van der Waals surface area contributed by atoms with Crippen LogP contribution in [0.25, 0.3) is 0 Å². The number of anilines is 1. The van der Waals surface area contributed by atoms with Crippen LogP contribution in [0.4, 0.5) is 29.9 Å². The van der Waals surface area contributed by atoms with Crippen molar-refractivity contribution in [3.63, 3.8) is 0 Å². The molecule has 3 rings (SSSR count). The number of carbonyl (C=O) groups is 1. The van der Waals surface area contributed by atoms with Crippen molar-refractivity contribution >= 4 is 21.9 Å². The van der Waals surface area contributed by atoms with E-state index in [4.69, 9.17) is 9.47 Å². The van der Waals surface area contributed by atoms with Crippen LogP contribution >= 0.6 is 10.2 Å². The molecule has 0 unspecified atom stereocenters. The molecule has 3 aromatic rings. The first-order valence-electron chi connectivity index (χ1n) is 8.98. The first kappa shape index (κ1) is 23.1. The van der Waals surface area contributed by atoms with Gasteiger partial charge in [-0.05, 0) is 36.4 Å². The molecule has 32 heavy (non-hydrogen) atoms. The number of amides is 2. The molecule has 0 saturated heterocycles. The van der Waals surface area contributed by atoms with Crippen molar-refractivity contribution in [3.8, 4) is 17.2 Å². The van der Waals surface area contributed by atoms with Crippen molar-refractivity contribution in [3.05, 3.63) is 72.6 Å². The maximum atomic E-state index is 13.1.